The van der Waals surface area contributed by atoms with E-state index in [1.54, 1.807) is 13.8 Å². The van der Waals surface area contributed by atoms with Crippen LogP contribution in [0.5, 0.6) is 0 Å². The molecule has 0 aliphatic rings. The van der Waals surface area contributed by atoms with Gasteiger partial charge >= 0.3 is 0 Å². The van der Waals surface area contributed by atoms with E-state index in [0.29, 0.717) is 18.8 Å². The van der Waals surface area contributed by atoms with Crippen molar-refractivity contribution in [1.82, 2.24) is 24.8 Å². The van der Waals surface area contributed by atoms with Crippen LogP contribution in [0.3, 0.4) is 0 Å². The van der Waals surface area contributed by atoms with Crippen molar-refractivity contribution in [1.29, 1.82) is 0 Å². The molecule has 2 aromatic rings. The third kappa shape index (κ3) is 3.47. The highest BCUT2D eigenvalue weighted by atomic mass is 16.2. The van der Waals surface area contributed by atoms with Gasteiger partial charge in [0.15, 0.2) is 0 Å². The van der Waals surface area contributed by atoms with Crippen molar-refractivity contribution in [2.24, 2.45) is 0 Å². The molecule has 0 aliphatic carbocycles. The summed E-state index contributed by atoms with van der Waals surface area (Å²) in [5, 5.41) is 2.68. The Kier molecular flexibility index (Phi) is 4.19. The van der Waals surface area contributed by atoms with Crippen molar-refractivity contribution < 1.29 is 4.79 Å². The van der Waals surface area contributed by atoms with Gasteiger partial charge < -0.3 is 5.32 Å². The molecule has 104 valence electrons. The van der Waals surface area contributed by atoms with Crippen LogP contribution >= 0.6 is 0 Å². The summed E-state index contributed by atoms with van der Waals surface area (Å²) in [5.74, 6) is -0.314. The third-order valence-corrected chi connectivity index (χ3v) is 2.67. The van der Waals surface area contributed by atoms with Crippen LogP contribution < -0.4 is 10.9 Å². The molecule has 0 fully saturated rings. The number of aryl methyl sites for hydroxylation is 2. The number of amides is 1. The Labute approximate surface area is 115 Å². The fourth-order valence-corrected chi connectivity index (χ4v) is 1.57. The van der Waals surface area contributed by atoms with Gasteiger partial charge in [-0.05, 0) is 13.8 Å². The Morgan fingerprint density at radius 1 is 1.20 bits per heavy atom. The van der Waals surface area contributed by atoms with Gasteiger partial charge in [-0.3, -0.25) is 19.1 Å². The molecule has 0 bridgehead atoms. The van der Waals surface area contributed by atoms with E-state index in [0.717, 1.165) is 5.69 Å². The summed E-state index contributed by atoms with van der Waals surface area (Å²) in [7, 11) is 0. The van der Waals surface area contributed by atoms with Crippen molar-refractivity contribution in [3.05, 3.63) is 52.2 Å². The summed E-state index contributed by atoms with van der Waals surface area (Å²) in [6.07, 6.45) is 4.42. The molecule has 20 heavy (non-hydrogen) atoms. The summed E-state index contributed by atoms with van der Waals surface area (Å²) < 4.78 is 1.44. The van der Waals surface area contributed by atoms with Crippen molar-refractivity contribution in [3.8, 4) is 0 Å². The van der Waals surface area contributed by atoms with Crippen molar-refractivity contribution in [2.75, 3.05) is 6.54 Å². The average Bonchev–Trinajstić information content (AvgIpc) is 2.42. The number of nitrogens with zero attached hydrogens (tertiary/aromatic N) is 4. The van der Waals surface area contributed by atoms with E-state index < -0.39 is 0 Å². The first kappa shape index (κ1) is 13.9. The molecule has 0 radical (unpaired) electrons. The van der Waals surface area contributed by atoms with Crippen LogP contribution in [0.25, 0.3) is 0 Å². The fourth-order valence-electron chi connectivity index (χ4n) is 1.57. The molecule has 0 spiro atoms. The van der Waals surface area contributed by atoms with Crippen LogP contribution in [-0.2, 0) is 6.54 Å². The Balaban J connectivity index is 1.91. The highest BCUT2D eigenvalue weighted by Crippen LogP contribution is 1.93. The van der Waals surface area contributed by atoms with Crippen LogP contribution in [0.2, 0.25) is 0 Å². The van der Waals surface area contributed by atoms with Crippen molar-refractivity contribution in [3.63, 3.8) is 0 Å². The maximum absolute atomic E-state index is 11.8. The van der Waals surface area contributed by atoms with Crippen molar-refractivity contribution in [2.45, 2.75) is 20.4 Å². The molecule has 0 aromatic carbocycles. The molecule has 0 unspecified atom stereocenters. The number of carbonyl (C=O) groups is 1. The van der Waals surface area contributed by atoms with Crippen LogP contribution in [0.15, 0.2) is 29.6 Å². The van der Waals surface area contributed by atoms with Crippen LogP contribution in [0.1, 0.15) is 21.9 Å². The van der Waals surface area contributed by atoms with Gasteiger partial charge in [-0.1, -0.05) is 0 Å². The van der Waals surface area contributed by atoms with E-state index in [-0.39, 0.29) is 17.2 Å². The summed E-state index contributed by atoms with van der Waals surface area (Å²) in [5.41, 5.74) is 1.54. The quantitative estimate of drug-likeness (QED) is 0.852. The molecule has 2 heterocycles. The first-order valence-corrected chi connectivity index (χ1v) is 6.16. The molecule has 2 rings (SSSR count). The van der Waals surface area contributed by atoms with Gasteiger partial charge in [-0.25, -0.2) is 9.97 Å². The zero-order valence-electron chi connectivity index (χ0n) is 11.3. The standard InChI is InChI=1S/C13H15N5O2/c1-9-5-12(19)18(8-17-9)4-3-14-13(20)11-7-15-10(2)6-16-11/h5-8H,3-4H2,1-2H3,(H,14,20). The van der Waals surface area contributed by atoms with E-state index in [2.05, 4.69) is 20.3 Å². The smallest absolute Gasteiger partial charge is 0.271 e. The predicted molar refractivity (Wildman–Crippen MR) is 72.3 cm³/mol. The molecule has 0 saturated carbocycles. The van der Waals surface area contributed by atoms with Crippen LogP contribution in [0.4, 0.5) is 0 Å². The number of rotatable bonds is 4. The molecule has 1 amide bonds. The molecular weight excluding hydrogens is 258 g/mol. The van der Waals surface area contributed by atoms with E-state index >= 15 is 0 Å². The summed E-state index contributed by atoms with van der Waals surface area (Å²) in [6, 6.07) is 1.45. The van der Waals surface area contributed by atoms with E-state index in [1.165, 1.54) is 29.4 Å². The first-order valence-electron chi connectivity index (χ1n) is 6.16. The maximum Gasteiger partial charge on any atom is 0.271 e. The molecular formula is C13H15N5O2. The first-order chi connectivity index (χ1) is 9.56. The minimum absolute atomic E-state index is 0.137. The van der Waals surface area contributed by atoms with E-state index in [1.807, 2.05) is 0 Å². The lowest BCUT2D eigenvalue weighted by molar-refractivity contribution is 0.0946. The molecule has 0 aliphatic heterocycles. The van der Waals surface area contributed by atoms with Gasteiger partial charge in [-0.15, -0.1) is 0 Å². The number of aromatic nitrogens is 4. The second-order valence-corrected chi connectivity index (χ2v) is 4.36. The van der Waals surface area contributed by atoms with Gasteiger partial charge in [0, 0.05) is 31.0 Å². The Bertz CT molecular complexity index is 663. The van der Waals surface area contributed by atoms with Gasteiger partial charge in [0.05, 0.1) is 18.2 Å². The zero-order valence-corrected chi connectivity index (χ0v) is 11.3. The molecule has 2 aromatic heterocycles. The minimum Gasteiger partial charge on any atom is -0.349 e. The van der Waals surface area contributed by atoms with E-state index in [4.69, 9.17) is 0 Å². The zero-order chi connectivity index (χ0) is 14.5. The summed E-state index contributed by atoms with van der Waals surface area (Å²) in [6.45, 7) is 4.23. The Morgan fingerprint density at radius 2 is 2.00 bits per heavy atom. The van der Waals surface area contributed by atoms with Gasteiger partial charge in [0.1, 0.15) is 5.69 Å². The highest BCUT2D eigenvalue weighted by molar-refractivity contribution is 5.91. The normalized spacial score (nSPS) is 10.3. The molecule has 7 heteroatoms. The number of nitrogens with one attached hydrogen (secondary N) is 1. The number of hydrogen-bond acceptors (Lipinski definition) is 5. The lowest BCUT2D eigenvalue weighted by atomic mass is 10.4. The largest absolute Gasteiger partial charge is 0.349 e. The SMILES string of the molecule is Cc1cnc(C(=O)NCCn2cnc(C)cc2=O)cn1. The second-order valence-electron chi connectivity index (χ2n) is 4.36. The molecule has 0 saturated heterocycles. The topological polar surface area (TPSA) is 89.8 Å². The van der Waals surface area contributed by atoms with Crippen LogP contribution in [0, 0.1) is 13.8 Å². The molecule has 0 atom stereocenters. The monoisotopic (exact) mass is 273 g/mol. The summed E-state index contributed by atoms with van der Waals surface area (Å²) in [4.78, 5) is 35.4. The number of carbonyl (C=O) groups excluding carboxylic acids is 1. The maximum atomic E-state index is 11.8. The predicted octanol–water partition coefficient (Wildman–Crippen LogP) is 0.0801. The fraction of sp³-hybridized carbons (Fsp3) is 0.308. The lowest BCUT2D eigenvalue weighted by Gasteiger charge is -2.07. The number of hydrogen-bond donors (Lipinski definition) is 1. The van der Waals surface area contributed by atoms with Crippen molar-refractivity contribution >= 4 is 5.91 Å². The lowest BCUT2D eigenvalue weighted by Crippen LogP contribution is -2.31. The summed E-state index contributed by atoms with van der Waals surface area (Å²) >= 11 is 0. The average molecular weight is 273 g/mol. The van der Waals surface area contributed by atoms with Gasteiger partial charge in [0.25, 0.3) is 11.5 Å². The Morgan fingerprint density at radius 3 is 2.65 bits per heavy atom. The second kappa shape index (κ2) is 6.05. The van der Waals surface area contributed by atoms with Crippen LogP contribution in [-0.4, -0.2) is 32.0 Å². The highest BCUT2D eigenvalue weighted by Gasteiger charge is 2.06. The minimum atomic E-state index is -0.314. The third-order valence-electron chi connectivity index (χ3n) is 2.67. The van der Waals surface area contributed by atoms with E-state index in [9.17, 15) is 9.59 Å². The molecule has 1 N–H and O–H groups in total. The van der Waals surface area contributed by atoms with Gasteiger partial charge in [-0.2, -0.15) is 0 Å². The molecule has 7 nitrogen and oxygen atoms in total. The Hall–Kier alpha value is -2.57. The van der Waals surface area contributed by atoms with Gasteiger partial charge in [0.2, 0.25) is 0 Å².